The zero-order chi connectivity index (χ0) is 19.9. The van der Waals surface area contributed by atoms with Crippen LogP contribution in [0.1, 0.15) is 24.0 Å². The minimum atomic E-state index is -4.77. The molecule has 3 heterocycles. The summed E-state index contributed by atoms with van der Waals surface area (Å²) in [5.41, 5.74) is 0.957. The van der Waals surface area contributed by atoms with Gasteiger partial charge in [-0.1, -0.05) is 0 Å². The van der Waals surface area contributed by atoms with Crippen molar-refractivity contribution < 1.29 is 27.1 Å². The quantitative estimate of drug-likeness (QED) is 0.794. The largest absolute Gasteiger partial charge is 0.487 e. The number of nitrogens with zero attached hydrogens (tertiary/aromatic N) is 3. The van der Waals surface area contributed by atoms with Crippen LogP contribution in [-0.2, 0) is 17.9 Å². The number of benzene rings is 1. The molecule has 1 aromatic carbocycles. The van der Waals surface area contributed by atoms with Crippen molar-refractivity contribution in [1.82, 2.24) is 10.2 Å². The molecule has 6 nitrogen and oxygen atoms in total. The molecule has 0 bridgehead atoms. The molecule has 1 amide bonds. The van der Waals surface area contributed by atoms with E-state index in [4.69, 9.17) is 4.74 Å². The Balaban J connectivity index is 1.55. The summed E-state index contributed by atoms with van der Waals surface area (Å²) in [7, 11) is 0. The molecule has 0 radical (unpaired) electrons. The van der Waals surface area contributed by atoms with E-state index in [0.29, 0.717) is 11.1 Å². The molecule has 0 saturated carbocycles. The van der Waals surface area contributed by atoms with Gasteiger partial charge in [0.2, 0.25) is 0 Å². The summed E-state index contributed by atoms with van der Waals surface area (Å²) in [6.45, 7) is 1.75. The lowest BCUT2D eigenvalue weighted by Gasteiger charge is -2.28. The van der Waals surface area contributed by atoms with Gasteiger partial charge in [-0.3, -0.25) is 4.79 Å². The number of alkyl halides is 3. The molecular formula is C18H18F4N4O2. The number of carbonyl (C=O) groups excluding carboxylic acids is 1. The van der Waals surface area contributed by atoms with E-state index in [9.17, 15) is 22.4 Å². The van der Waals surface area contributed by atoms with Crippen LogP contribution in [0.4, 0.5) is 17.6 Å². The number of azo groups is 1. The maximum atomic E-state index is 14.5. The fourth-order valence-corrected chi connectivity index (χ4v) is 3.74. The zero-order valence-electron chi connectivity index (χ0n) is 14.8. The summed E-state index contributed by atoms with van der Waals surface area (Å²) in [5, 5.41) is 9.61. The first-order chi connectivity index (χ1) is 13.3. The predicted octanol–water partition coefficient (Wildman–Crippen LogP) is 3.28. The van der Waals surface area contributed by atoms with E-state index in [0.717, 1.165) is 32.1 Å². The molecule has 1 saturated heterocycles. The Hall–Kier alpha value is -2.49. The monoisotopic (exact) mass is 398 g/mol. The van der Waals surface area contributed by atoms with E-state index in [2.05, 4.69) is 15.5 Å². The molecule has 3 aliphatic rings. The van der Waals surface area contributed by atoms with Crippen molar-refractivity contribution in [2.45, 2.75) is 38.2 Å². The minimum absolute atomic E-state index is 0.0566. The fraction of sp³-hybridized carbons (Fsp3) is 0.500. The Bertz CT molecular complexity index is 847. The van der Waals surface area contributed by atoms with Gasteiger partial charge in [-0.25, -0.2) is 4.39 Å². The number of hydrogen-bond donors (Lipinski definition) is 1. The molecule has 1 fully saturated rings. The number of piperidine rings is 1. The molecular weight excluding hydrogens is 380 g/mol. The molecule has 150 valence electrons. The van der Waals surface area contributed by atoms with Crippen LogP contribution < -0.4 is 10.1 Å². The summed E-state index contributed by atoms with van der Waals surface area (Å²) < 4.78 is 60.2. The number of rotatable bonds is 3. The van der Waals surface area contributed by atoms with Gasteiger partial charge in [-0.2, -0.15) is 18.3 Å². The van der Waals surface area contributed by atoms with Crippen molar-refractivity contribution in [2.24, 2.45) is 16.1 Å². The number of hydrogen-bond acceptors (Lipinski definition) is 5. The highest BCUT2D eigenvalue weighted by Gasteiger charge is 2.50. The number of halogens is 4. The standard InChI is InChI=1S/C18H18F4N4O2/c19-13-5-10-8-26(14-7-24-25-17(27)16(14)18(20,21)22)9-11(10)6-15(13)28-12-1-3-23-4-2-12/h5-7,12,16,23H,1-4,8-9H2. The highest BCUT2D eigenvalue weighted by atomic mass is 19.4. The third kappa shape index (κ3) is 3.60. The Morgan fingerprint density at radius 3 is 2.50 bits per heavy atom. The lowest BCUT2D eigenvalue weighted by molar-refractivity contribution is -0.177. The first kappa shape index (κ1) is 18.9. The van der Waals surface area contributed by atoms with Crippen molar-refractivity contribution in [3.8, 4) is 5.75 Å². The number of carbonyl (C=O) groups is 1. The van der Waals surface area contributed by atoms with Crippen molar-refractivity contribution >= 4 is 5.91 Å². The second-order valence-corrected chi connectivity index (χ2v) is 7.06. The van der Waals surface area contributed by atoms with Gasteiger partial charge in [0.25, 0.3) is 5.91 Å². The maximum absolute atomic E-state index is 14.5. The van der Waals surface area contributed by atoms with Crippen molar-refractivity contribution in [3.63, 3.8) is 0 Å². The Morgan fingerprint density at radius 2 is 1.82 bits per heavy atom. The molecule has 1 N–H and O–H groups in total. The van der Waals surface area contributed by atoms with Crippen LogP contribution in [0.25, 0.3) is 0 Å². The third-order valence-electron chi connectivity index (χ3n) is 5.14. The first-order valence-electron chi connectivity index (χ1n) is 8.98. The van der Waals surface area contributed by atoms with E-state index >= 15 is 0 Å². The van der Waals surface area contributed by atoms with Gasteiger partial charge in [0.1, 0.15) is 6.10 Å². The molecule has 10 heteroatoms. The van der Waals surface area contributed by atoms with E-state index in [1.165, 1.54) is 11.0 Å². The van der Waals surface area contributed by atoms with E-state index < -0.39 is 23.8 Å². The molecule has 0 aliphatic carbocycles. The number of nitrogens with one attached hydrogen (secondary N) is 1. The van der Waals surface area contributed by atoms with Crippen LogP contribution in [0.5, 0.6) is 5.75 Å². The SMILES string of the molecule is O=C1N=NC=C(N2Cc3cc(F)c(OC4CCNCC4)cc3C2)C1C(F)(F)F. The van der Waals surface area contributed by atoms with Gasteiger partial charge in [-0.15, -0.1) is 5.11 Å². The smallest absolute Gasteiger partial charge is 0.406 e. The highest BCUT2D eigenvalue weighted by molar-refractivity contribution is 5.83. The van der Waals surface area contributed by atoms with Gasteiger partial charge in [-0.05, 0) is 49.2 Å². The second kappa shape index (κ2) is 7.16. The summed E-state index contributed by atoms with van der Waals surface area (Å²) in [6.07, 6.45) is -2.40. The van der Waals surface area contributed by atoms with Gasteiger partial charge < -0.3 is 15.0 Å². The van der Waals surface area contributed by atoms with Crippen molar-refractivity contribution in [3.05, 3.63) is 41.0 Å². The lowest BCUT2D eigenvalue weighted by atomic mass is 10.0. The average molecular weight is 398 g/mol. The summed E-state index contributed by atoms with van der Waals surface area (Å²) in [5.74, 6) is -4.13. The van der Waals surface area contributed by atoms with Crippen LogP contribution in [0.3, 0.4) is 0 Å². The summed E-state index contributed by atoms with van der Waals surface area (Å²) in [4.78, 5) is 13.1. The third-order valence-corrected chi connectivity index (χ3v) is 5.14. The van der Waals surface area contributed by atoms with E-state index in [1.54, 1.807) is 6.07 Å². The number of amides is 1. The summed E-state index contributed by atoms with van der Waals surface area (Å²) >= 11 is 0. The Kier molecular flexibility index (Phi) is 4.82. The molecule has 1 atom stereocenters. The topological polar surface area (TPSA) is 66.3 Å². The van der Waals surface area contributed by atoms with Crippen molar-refractivity contribution in [2.75, 3.05) is 13.1 Å². The Morgan fingerprint density at radius 1 is 1.14 bits per heavy atom. The van der Waals surface area contributed by atoms with Crippen LogP contribution in [-0.4, -0.2) is 36.2 Å². The molecule has 4 rings (SSSR count). The molecule has 0 aromatic heterocycles. The zero-order valence-corrected chi connectivity index (χ0v) is 14.8. The minimum Gasteiger partial charge on any atom is -0.487 e. The first-order valence-corrected chi connectivity index (χ1v) is 8.98. The normalized spacial score (nSPS) is 23.0. The van der Waals surface area contributed by atoms with Crippen LogP contribution >= 0.6 is 0 Å². The van der Waals surface area contributed by atoms with Crippen LogP contribution in [0, 0.1) is 11.7 Å². The Labute approximate surface area is 158 Å². The van der Waals surface area contributed by atoms with Crippen LogP contribution in [0.2, 0.25) is 0 Å². The molecule has 1 aromatic rings. The van der Waals surface area contributed by atoms with E-state index in [-0.39, 0.29) is 30.6 Å². The number of fused-ring (bicyclic) bond motifs is 1. The molecule has 1 unspecified atom stereocenters. The van der Waals surface area contributed by atoms with Crippen molar-refractivity contribution in [1.29, 1.82) is 0 Å². The van der Waals surface area contributed by atoms with Gasteiger partial charge in [0, 0.05) is 13.1 Å². The van der Waals surface area contributed by atoms with Crippen LogP contribution in [0.15, 0.2) is 34.3 Å². The fourth-order valence-electron chi connectivity index (χ4n) is 3.74. The predicted molar refractivity (Wildman–Crippen MR) is 89.7 cm³/mol. The average Bonchev–Trinajstić information content (AvgIpc) is 3.04. The number of ether oxygens (including phenoxy) is 1. The summed E-state index contributed by atoms with van der Waals surface area (Å²) in [6, 6.07) is 2.84. The molecule has 0 spiro atoms. The second-order valence-electron chi connectivity index (χ2n) is 7.06. The molecule has 28 heavy (non-hydrogen) atoms. The van der Waals surface area contributed by atoms with Gasteiger partial charge in [0.15, 0.2) is 17.5 Å². The van der Waals surface area contributed by atoms with Gasteiger partial charge in [0.05, 0.1) is 11.9 Å². The lowest BCUT2D eigenvalue weighted by Crippen LogP contribution is -2.38. The van der Waals surface area contributed by atoms with E-state index in [1.807, 2.05) is 0 Å². The maximum Gasteiger partial charge on any atom is 0.406 e. The molecule has 3 aliphatic heterocycles. The van der Waals surface area contributed by atoms with Gasteiger partial charge >= 0.3 is 6.18 Å². The highest BCUT2D eigenvalue weighted by Crippen LogP contribution is 2.40.